The molecule has 38 heavy (non-hydrogen) atoms. The molecule has 0 N–H and O–H groups in total. The number of allylic oxidation sites excluding steroid dienone is 2. The van der Waals surface area contributed by atoms with Gasteiger partial charge in [-0.05, 0) is 0 Å². The molecule has 2 heterocycles. The van der Waals surface area contributed by atoms with Gasteiger partial charge in [0, 0.05) is 0 Å². The van der Waals surface area contributed by atoms with Crippen molar-refractivity contribution in [3.05, 3.63) is 138 Å². The Kier molecular flexibility index (Phi) is 8.37. The Hall–Kier alpha value is -2.86. The van der Waals surface area contributed by atoms with E-state index in [0.29, 0.717) is 29.5 Å². The molecule has 188 valence electrons. The summed E-state index contributed by atoms with van der Waals surface area (Å²) in [6.07, 6.45) is 6.83. The van der Waals surface area contributed by atoms with Crippen molar-refractivity contribution in [1.29, 1.82) is 0 Å². The van der Waals surface area contributed by atoms with Crippen molar-refractivity contribution in [2.75, 3.05) is 0 Å². The molecular formula is C31H21ClO4Se2. The Balaban J connectivity index is 0.000000540. The van der Waals surface area contributed by atoms with Crippen molar-refractivity contribution < 1.29 is 28.9 Å². The summed E-state index contributed by atoms with van der Waals surface area (Å²) in [6, 6.07) is 39.8. The summed E-state index contributed by atoms with van der Waals surface area (Å²) in [5.41, 5.74) is 6.69. The molecule has 1 aromatic heterocycles. The van der Waals surface area contributed by atoms with Crippen LogP contribution in [0.15, 0.2) is 121 Å². The van der Waals surface area contributed by atoms with Crippen molar-refractivity contribution in [3.63, 3.8) is 0 Å². The van der Waals surface area contributed by atoms with Gasteiger partial charge in [-0.25, -0.2) is 18.6 Å². The second-order valence-corrected chi connectivity index (χ2v) is 13.6. The Morgan fingerprint density at radius 1 is 0.658 bits per heavy atom. The fourth-order valence-electron chi connectivity index (χ4n) is 4.29. The zero-order valence-corrected chi connectivity index (χ0v) is 24.1. The fourth-order valence-corrected chi connectivity index (χ4v) is 8.96. The third kappa shape index (κ3) is 6.58. The number of hydrogen-bond acceptors (Lipinski definition) is 4. The Bertz CT molecular complexity index is 1590. The van der Waals surface area contributed by atoms with Crippen LogP contribution in [0.5, 0.6) is 0 Å². The first-order valence-electron chi connectivity index (χ1n) is 11.6. The van der Waals surface area contributed by atoms with Crippen LogP contribution < -0.4 is 27.6 Å². The van der Waals surface area contributed by atoms with E-state index in [-0.39, 0.29) is 0 Å². The summed E-state index contributed by atoms with van der Waals surface area (Å²) < 4.78 is 39.8. The van der Waals surface area contributed by atoms with Crippen LogP contribution >= 0.6 is 0 Å². The van der Waals surface area contributed by atoms with Gasteiger partial charge in [0.2, 0.25) is 0 Å². The molecule has 0 radical (unpaired) electrons. The van der Waals surface area contributed by atoms with Crippen molar-refractivity contribution in [2.24, 2.45) is 0 Å². The Morgan fingerprint density at radius 2 is 1.21 bits per heavy atom. The summed E-state index contributed by atoms with van der Waals surface area (Å²) in [6.45, 7) is 0. The maximum absolute atomic E-state index is 8.49. The van der Waals surface area contributed by atoms with Gasteiger partial charge in [-0.2, -0.15) is 0 Å². The van der Waals surface area contributed by atoms with Crippen LogP contribution in [0.25, 0.3) is 31.3 Å². The molecule has 4 nitrogen and oxygen atoms in total. The van der Waals surface area contributed by atoms with E-state index in [1.807, 2.05) is 0 Å². The number of benzene rings is 4. The van der Waals surface area contributed by atoms with E-state index in [1.54, 1.807) is 0 Å². The summed E-state index contributed by atoms with van der Waals surface area (Å²) in [5.74, 6) is 0. The molecule has 0 aliphatic carbocycles. The normalized spacial score (nSPS) is 12.5. The summed E-state index contributed by atoms with van der Waals surface area (Å²) in [4.78, 5) is 0. The smallest absolute Gasteiger partial charge is 0.112 e. The predicted molar refractivity (Wildman–Crippen MR) is 145 cm³/mol. The second-order valence-electron chi connectivity index (χ2n) is 8.34. The molecule has 1 aliphatic rings. The largest absolute Gasteiger partial charge is 0.222 e. The average molecular weight is 651 g/mol. The van der Waals surface area contributed by atoms with E-state index in [4.69, 9.17) is 18.6 Å². The molecular weight excluding hydrogens is 630 g/mol. The summed E-state index contributed by atoms with van der Waals surface area (Å²) >= 11 is 0.678. The number of halogens is 1. The minimum atomic E-state index is -4.94. The van der Waals surface area contributed by atoms with Gasteiger partial charge in [-0.15, -0.1) is 10.2 Å². The molecule has 5 aromatic rings. The van der Waals surface area contributed by atoms with Gasteiger partial charge < -0.3 is 0 Å². The van der Waals surface area contributed by atoms with E-state index >= 15 is 0 Å². The Morgan fingerprint density at radius 3 is 1.87 bits per heavy atom. The third-order valence-electron chi connectivity index (χ3n) is 5.88. The van der Waals surface area contributed by atoms with Gasteiger partial charge in [0.05, 0.1) is 0 Å². The Labute approximate surface area is 235 Å². The molecule has 0 fully saturated rings. The van der Waals surface area contributed by atoms with Gasteiger partial charge in [0.25, 0.3) is 0 Å². The molecule has 0 unspecified atom stereocenters. The zero-order chi connectivity index (χ0) is 26.5. The number of fused-ring (bicyclic) bond motifs is 3. The van der Waals surface area contributed by atoms with Gasteiger partial charge in [0.1, 0.15) is 0 Å². The molecule has 4 aromatic carbocycles. The molecule has 0 spiro atoms. The average Bonchev–Trinajstić information content (AvgIpc) is 2.92. The first kappa shape index (κ1) is 26.7. The van der Waals surface area contributed by atoms with Gasteiger partial charge in [0.15, 0.2) is 0 Å². The van der Waals surface area contributed by atoms with Gasteiger partial charge >= 0.3 is 208 Å². The van der Waals surface area contributed by atoms with Crippen LogP contribution in [-0.4, -0.2) is 29.5 Å². The minimum Gasteiger partial charge on any atom is -0.222 e. The first-order chi connectivity index (χ1) is 18.4. The molecule has 1 aliphatic heterocycles. The topological polar surface area (TPSA) is 92.2 Å². The monoisotopic (exact) mass is 652 g/mol. The van der Waals surface area contributed by atoms with Crippen molar-refractivity contribution >= 4 is 59.7 Å². The zero-order valence-electron chi connectivity index (χ0n) is 20.0. The van der Waals surface area contributed by atoms with Crippen molar-refractivity contribution in [2.45, 2.75) is 0 Å². The standard InChI is InChI=1S/C31H21Se2.ClHO4/c1-2-11-22(12-3-1)31-21-23(24-14-4-7-18-28(24)33-31)13-10-17-25-26-15-5-8-19-29(26)32-30-20-9-6-16-27(25)30;2-1(3,4)5/h1-21H;(H,2,3,4,5)/q+1;/p-1. The van der Waals surface area contributed by atoms with E-state index < -0.39 is 10.2 Å². The van der Waals surface area contributed by atoms with Crippen LogP contribution in [0.1, 0.15) is 16.7 Å². The quantitative estimate of drug-likeness (QED) is 0.270. The minimum absolute atomic E-state index is 0.317. The van der Waals surface area contributed by atoms with Crippen molar-refractivity contribution in [1.82, 2.24) is 0 Å². The van der Waals surface area contributed by atoms with Gasteiger partial charge in [-0.1, -0.05) is 0 Å². The van der Waals surface area contributed by atoms with Gasteiger partial charge in [-0.3, -0.25) is 0 Å². The molecule has 0 atom stereocenters. The van der Waals surface area contributed by atoms with Crippen LogP contribution in [0.4, 0.5) is 0 Å². The summed E-state index contributed by atoms with van der Waals surface area (Å²) in [7, 11) is -4.94. The van der Waals surface area contributed by atoms with Crippen molar-refractivity contribution in [3.8, 4) is 10.0 Å². The first-order valence-corrected chi connectivity index (χ1v) is 16.3. The molecule has 0 amide bonds. The van der Waals surface area contributed by atoms with Crippen LogP contribution in [-0.2, 0) is 0 Å². The molecule has 0 saturated carbocycles. The van der Waals surface area contributed by atoms with Crippen LogP contribution in [0, 0.1) is 10.2 Å². The molecule has 0 bridgehead atoms. The molecule has 0 saturated heterocycles. The van der Waals surface area contributed by atoms with Crippen LogP contribution in [0.2, 0.25) is 0 Å². The van der Waals surface area contributed by atoms with E-state index in [0.717, 1.165) is 0 Å². The summed E-state index contributed by atoms with van der Waals surface area (Å²) in [5, 5.41) is 1.36. The maximum Gasteiger partial charge on any atom is -0.112 e. The number of rotatable bonds is 3. The number of hydrogen-bond donors (Lipinski definition) is 0. The van der Waals surface area contributed by atoms with E-state index in [1.165, 1.54) is 50.8 Å². The third-order valence-corrected chi connectivity index (χ3v) is 10.7. The maximum atomic E-state index is 8.49. The SMILES string of the molecule is C(/C=C/c1cc(-c2ccccc2)[se+]c2ccccc12)=C1c2ccccc2[Se]c2ccccc21.[O-][Cl+3]([O-])([O-])[O-]. The fraction of sp³-hybridized carbons (Fsp3) is 0. The van der Waals surface area contributed by atoms with Crippen LogP contribution in [0.3, 0.4) is 0 Å². The van der Waals surface area contributed by atoms with E-state index in [9.17, 15) is 0 Å². The predicted octanol–water partition coefficient (Wildman–Crippen LogP) is 1.20. The molecule has 6 rings (SSSR count). The second kappa shape index (κ2) is 11.9. The van der Waals surface area contributed by atoms with E-state index in [2.05, 4.69) is 127 Å². The molecule has 7 heteroatoms.